The van der Waals surface area contributed by atoms with Gasteiger partial charge in [-0.2, -0.15) is 18.3 Å². The highest BCUT2D eigenvalue weighted by Gasteiger charge is 2.48. The van der Waals surface area contributed by atoms with Crippen LogP contribution in [0, 0.1) is 0 Å². The smallest absolute Gasteiger partial charge is 0.355 e. The normalized spacial score (nSPS) is 18.3. The Balaban J connectivity index is 1.34. The molecule has 0 aliphatic carbocycles. The van der Waals surface area contributed by atoms with Gasteiger partial charge in [-0.3, -0.25) is 14.3 Å². The van der Waals surface area contributed by atoms with E-state index in [0.717, 1.165) is 27.1 Å². The third-order valence-corrected chi connectivity index (χ3v) is 6.32. The zero-order chi connectivity index (χ0) is 23.3. The molecule has 0 spiro atoms. The monoisotopic (exact) mass is 457 g/mol. The number of aryl methyl sites for hydroxylation is 1. The molecule has 0 radical (unpaired) electrons. The van der Waals surface area contributed by atoms with Crippen LogP contribution in [0.15, 0.2) is 42.6 Å². The number of carbonyl (C=O) groups excluding carboxylic acids is 2. The number of benzene rings is 2. The van der Waals surface area contributed by atoms with E-state index in [-0.39, 0.29) is 32.0 Å². The number of nitrogens with one attached hydrogen (secondary N) is 1. The van der Waals surface area contributed by atoms with E-state index in [1.54, 1.807) is 23.0 Å². The zero-order valence-electron chi connectivity index (χ0n) is 17.9. The van der Waals surface area contributed by atoms with Gasteiger partial charge in [-0.15, -0.1) is 0 Å². The maximum absolute atomic E-state index is 13.2. The van der Waals surface area contributed by atoms with Crippen LogP contribution in [-0.4, -0.2) is 56.7 Å². The molecule has 0 saturated carbocycles. The maximum atomic E-state index is 13.2. The van der Waals surface area contributed by atoms with Crippen molar-refractivity contribution in [2.75, 3.05) is 18.4 Å². The quantitative estimate of drug-likeness (QED) is 0.647. The van der Waals surface area contributed by atoms with E-state index in [9.17, 15) is 22.8 Å². The second-order valence-corrected chi connectivity index (χ2v) is 8.45. The first-order valence-electron chi connectivity index (χ1n) is 10.7. The van der Waals surface area contributed by atoms with Gasteiger partial charge in [0, 0.05) is 31.2 Å². The lowest BCUT2D eigenvalue weighted by molar-refractivity contribution is -0.182. The van der Waals surface area contributed by atoms with Crippen molar-refractivity contribution >= 4 is 34.1 Å². The molecule has 0 unspecified atom stereocenters. The van der Waals surface area contributed by atoms with E-state index in [4.69, 9.17) is 0 Å². The molecule has 172 valence electrons. The number of fused-ring (bicyclic) bond motifs is 2. The van der Waals surface area contributed by atoms with Gasteiger partial charge in [-0.1, -0.05) is 12.1 Å². The molecule has 2 aromatic carbocycles. The van der Waals surface area contributed by atoms with Crippen LogP contribution < -0.4 is 5.32 Å². The largest absolute Gasteiger partial charge is 0.408 e. The molecule has 2 amide bonds. The topological polar surface area (TPSA) is 70.5 Å². The molecule has 0 bridgehead atoms. The minimum absolute atomic E-state index is 0.0572. The molecular formula is C23H22F3N5O2. The molecule has 7 nitrogen and oxygen atoms in total. The first kappa shape index (κ1) is 21.3. The van der Waals surface area contributed by atoms with Crippen LogP contribution >= 0.6 is 0 Å². The highest BCUT2D eigenvalue weighted by molar-refractivity contribution is 6.05. The van der Waals surface area contributed by atoms with Gasteiger partial charge in [-0.05, 0) is 42.7 Å². The summed E-state index contributed by atoms with van der Waals surface area (Å²) in [5.74, 6) is -1.04. The lowest BCUT2D eigenvalue weighted by atomic mass is 10.1. The Morgan fingerprint density at radius 1 is 1.24 bits per heavy atom. The second kappa shape index (κ2) is 7.79. The highest BCUT2D eigenvalue weighted by atomic mass is 19.4. The van der Waals surface area contributed by atoms with Crippen molar-refractivity contribution in [1.82, 2.24) is 19.6 Å². The first-order valence-corrected chi connectivity index (χ1v) is 10.7. The fourth-order valence-corrected chi connectivity index (χ4v) is 4.71. The van der Waals surface area contributed by atoms with E-state index < -0.39 is 18.1 Å². The van der Waals surface area contributed by atoms with Crippen LogP contribution in [0.3, 0.4) is 0 Å². The summed E-state index contributed by atoms with van der Waals surface area (Å²) in [4.78, 5) is 28.0. The number of rotatable bonds is 4. The second-order valence-electron chi connectivity index (χ2n) is 8.45. The minimum atomic E-state index is -4.46. The van der Waals surface area contributed by atoms with E-state index in [1.165, 1.54) is 4.90 Å². The molecule has 33 heavy (non-hydrogen) atoms. The molecule has 10 heteroatoms. The number of nitrogens with zero attached hydrogens (tertiary/aromatic N) is 4. The standard InChI is InChI=1S/C23H22F3N5O2/c1-29-18-8-7-16(10-15(18)11-27-29)28-17-5-2-4-14-12-30(22(33)21(14)17)13-20(32)31-9-3-6-19(31)23(24,25)26/h2,4-5,7-8,10-11,19,28H,3,6,9,12-13H2,1H3/t19-/m0/s1. The average Bonchev–Trinajstić information content (AvgIpc) is 3.47. The van der Waals surface area contributed by atoms with Gasteiger partial charge in [0.05, 0.1) is 23.0 Å². The van der Waals surface area contributed by atoms with Crippen LogP contribution in [-0.2, 0) is 18.4 Å². The Kier molecular flexibility index (Phi) is 5.02. The van der Waals surface area contributed by atoms with Crippen LogP contribution in [0.1, 0.15) is 28.8 Å². The molecule has 1 fully saturated rings. The molecule has 1 atom stereocenters. The van der Waals surface area contributed by atoms with Crippen molar-refractivity contribution in [3.8, 4) is 0 Å². The molecule has 2 aliphatic rings. The SMILES string of the molecule is Cn1ncc2cc(Nc3cccc4c3C(=O)N(CC(=O)N3CCC[C@H]3C(F)(F)F)C4)ccc21. The summed E-state index contributed by atoms with van der Waals surface area (Å²) in [6, 6.07) is 9.33. The number of carbonyl (C=O) groups is 2. The van der Waals surface area contributed by atoms with Gasteiger partial charge in [0.2, 0.25) is 5.91 Å². The van der Waals surface area contributed by atoms with E-state index in [1.807, 2.05) is 31.3 Å². The van der Waals surface area contributed by atoms with Crippen molar-refractivity contribution in [3.05, 3.63) is 53.7 Å². The predicted octanol–water partition coefficient (Wildman–Crippen LogP) is 3.83. The number of hydrogen-bond acceptors (Lipinski definition) is 4. The summed E-state index contributed by atoms with van der Waals surface area (Å²) < 4.78 is 41.5. The van der Waals surface area contributed by atoms with Crippen molar-refractivity contribution < 1.29 is 22.8 Å². The summed E-state index contributed by atoms with van der Waals surface area (Å²) >= 11 is 0. The van der Waals surface area contributed by atoms with Crippen LogP contribution in [0.4, 0.5) is 24.5 Å². The number of anilines is 2. The summed E-state index contributed by atoms with van der Waals surface area (Å²) in [5.41, 5.74) is 3.50. The average molecular weight is 457 g/mol. The predicted molar refractivity (Wildman–Crippen MR) is 116 cm³/mol. The lowest BCUT2D eigenvalue weighted by Gasteiger charge is -2.28. The van der Waals surface area contributed by atoms with Crippen LogP contribution in [0.2, 0.25) is 0 Å². The summed E-state index contributed by atoms with van der Waals surface area (Å²) in [5, 5.41) is 8.43. The minimum Gasteiger partial charge on any atom is -0.355 e. The third kappa shape index (κ3) is 3.79. The van der Waals surface area contributed by atoms with E-state index in [0.29, 0.717) is 17.7 Å². The highest BCUT2D eigenvalue weighted by Crippen LogP contribution is 2.34. The van der Waals surface area contributed by atoms with Crippen molar-refractivity contribution in [2.24, 2.45) is 7.05 Å². The van der Waals surface area contributed by atoms with Gasteiger partial charge in [0.1, 0.15) is 12.6 Å². The van der Waals surface area contributed by atoms with E-state index >= 15 is 0 Å². The third-order valence-electron chi connectivity index (χ3n) is 6.32. The number of aromatic nitrogens is 2. The van der Waals surface area contributed by atoms with Gasteiger partial charge < -0.3 is 15.1 Å². The molecule has 1 N–H and O–H groups in total. The van der Waals surface area contributed by atoms with E-state index in [2.05, 4.69) is 10.4 Å². The Morgan fingerprint density at radius 3 is 2.85 bits per heavy atom. The molecule has 3 aromatic rings. The lowest BCUT2D eigenvalue weighted by Crippen LogP contribution is -2.48. The first-order chi connectivity index (χ1) is 15.7. The van der Waals surface area contributed by atoms with Gasteiger partial charge in [0.15, 0.2) is 0 Å². The van der Waals surface area contributed by atoms with Gasteiger partial charge >= 0.3 is 6.18 Å². The molecule has 5 rings (SSSR count). The number of likely N-dealkylation sites (tertiary alicyclic amines) is 1. The Morgan fingerprint density at radius 2 is 2.06 bits per heavy atom. The molecule has 2 aliphatic heterocycles. The maximum Gasteiger partial charge on any atom is 0.408 e. The fraction of sp³-hybridized carbons (Fsp3) is 0.348. The van der Waals surface area contributed by atoms with Crippen molar-refractivity contribution in [2.45, 2.75) is 31.6 Å². The fourth-order valence-electron chi connectivity index (χ4n) is 4.71. The molecular weight excluding hydrogens is 435 g/mol. The summed E-state index contributed by atoms with van der Waals surface area (Å²) in [6.45, 7) is -0.135. The zero-order valence-corrected chi connectivity index (χ0v) is 17.9. The molecule has 1 aromatic heterocycles. The Bertz CT molecular complexity index is 1250. The molecule has 1 saturated heterocycles. The number of alkyl halides is 3. The number of amides is 2. The van der Waals surface area contributed by atoms with Crippen LogP contribution in [0.25, 0.3) is 10.9 Å². The van der Waals surface area contributed by atoms with Crippen molar-refractivity contribution in [1.29, 1.82) is 0 Å². The Hall–Kier alpha value is -3.56. The van der Waals surface area contributed by atoms with Gasteiger partial charge in [0.25, 0.3) is 5.91 Å². The molecule has 3 heterocycles. The summed E-state index contributed by atoms with van der Waals surface area (Å²) in [6.07, 6.45) is -2.50. The van der Waals surface area contributed by atoms with Gasteiger partial charge in [-0.25, -0.2) is 0 Å². The number of hydrogen-bond donors (Lipinski definition) is 1. The summed E-state index contributed by atoms with van der Waals surface area (Å²) in [7, 11) is 1.85. The van der Waals surface area contributed by atoms with Crippen LogP contribution in [0.5, 0.6) is 0 Å². The Labute approximate surface area is 187 Å². The van der Waals surface area contributed by atoms with Crippen molar-refractivity contribution in [3.63, 3.8) is 0 Å². The number of halogens is 3.